The summed E-state index contributed by atoms with van der Waals surface area (Å²) in [7, 11) is 3.18. The molecule has 1 aliphatic heterocycles. The number of methoxy groups -OCH3 is 1. The van der Waals surface area contributed by atoms with E-state index in [1.165, 1.54) is 5.06 Å². The first-order valence-corrected chi connectivity index (χ1v) is 2.93. The Kier molecular flexibility index (Phi) is 2.42. The van der Waals surface area contributed by atoms with E-state index in [1.54, 1.807) is 32.8 Å². The van der Waals surface area contributed by atoms with Crippen LogP contribution < -0.4 is 0 Å². The zero-order valence-electron chi connectivity index (χ0n) is 6.02. The van der Waals surface area contributed by atoms with Crippen LogP contribution in [0.25, 0.3) is 0 Å². The van der Waals surface area contributed by atoms with E-state index in [4.69, 9.17) is 9.57 Å². The lowest BCUT2D eigenvalue weighted by Gasteiger charge is -2.24. The van der Waals surface area contributed by atoms with Crippen LogP contribution in [0.15, 0.2) is 17.3 Å². The maximum atomic E-state index is 5.02. The first-order valence-electron chi connectivity index (χ1n) is 2.93. The van der Waals surface area contributed by atoms with Crippen molar-refractivity contribution in [2.24, 2.45) is 4.99 Å². The molecular formula is C6H10N2O2. The zero-order chi connectivity index (χ0) is 7.40. The molecule has 0 aromatic carbocycles. The average molecular weight is 142 g/mol. The maximum absolute atomic E-state index is 5.02. The predicted octanol–water partition coefficient (Wildman–Crippen LogP) is 0.378. The summed E-state index contributed by atoms with van der Waals surface area (Å²) >= 11 is 0. The molecule has 1 aliphatic rings. The highest BCUT2D eigenvalue weighted by atomic mass is 16.7. The topological polar surface area (TPSA) is 34.1 Å². The molecule has 4 nitrogen and oxygen atoms in total. The third kappa shape index (κ3) is 1.34. The van der Waals surface area contributed by atoms with E-state index >= 15 is 0 Å². The Morgan fingerprint density at radius 3 is 2.80 bits per heavy atom. The molecule has 1 rings (SSSR count). The molecule has 10 heavy (non-hydrogen) atoms. The molecule has 0 N–H and O–H groups in total. The van der Waals surface area contributed by atoms with E-state index < -0.39 is 0 Å². The fourth-order valence-corrected chi connectivity index (χ4v) is 0.712. The SMILES string of the molecule is COC1C=CN=CN1OC. The second kappa shape index (κ2) is 3.34. The van der Waals surface area contributed by atoms with Gasteiger partial charge in [0.1, 0.15) is 6.34 Å². The minimum Gasteiger partial charge on any atom is -0.356 e. The molecule has 0 amide bonds. The van der Waals surface area contributed by atoms with Gasteiger partial charge >= 0.3 is 0 Å². The van der Waals surface area contributed by atoms with Gasteiger partial charge in [-0.05, 0) is 6.08 Å². The Hall–Kier alpha value is -0.870. The lowest BCUT2D eigenvalue weighted by molar-refractivity contribution is -0.155. The summed E-state index contributed by atoms with van der Waals surface area (Å²) in [6.45, 7) is 0. The molecule has 0 aliphatic carbocycles. The molecule has 0 radical (unpaired) electrons. The van der Waals surface area contributed by atoms with Crippen molar-refractivity contribution < 1.29 is 9.57 Å². The fraction of sp³-hybridized carbons (Fsp3) is 0.500. The molecule has 0 bridgehead atoms. The number of hydrogen-bond donors (Lipinski definition) is 0. The zero-order valence-corrected chi connectivity index (χ0v) is 6.02. The van der Waals surface area contributed by atoms with Crippen molar-refractivity contribution in [2.75, 3.05) is 14.2 Å². The second-order valence-corrected chi connectivity index (χ2v) is 1.77. The molecule has 0 aromatic rings. The lowest BCUT2D eigenvalue weighted by atomic mass is 10.5. The van der Waals surface area contributed by atoms with Crippen molar-refractivity contribution in [2.45, 2.75) is 6.23 Å². The predicted molar refractivity (Wildman–Crippen MR) is 37.3 cm³/mol. The summed E-state index contributed by atoms with van der Waals surface area (Å²) in [6.07, 6.45) is 4.88. The Morgan fingerprint density at radius 2 is 2.30 bits per heavy atom. The van der Waals surface area contributed by atoms with E-state index in [1.807, 2.05) is 0 Å². The van der Waals surface area contributed by atoms with Gasteiger partial charge < -0.3 is 4.74 Å². The maximum Gasteiger partial charge on any atom is 0.175 e. The molecule has 0 aromatic heterocycles. The average Bonchev–Trinajstić information content (AvgIpc) is 2.04. The molecule has 0 saturated carbocycles. The number of nitrogens with zero attached hydrogens (tertiary/aromatic N) is 2. The minimum absolute atomic E-state index is 0.150. The Balaban J connectivity index is 2.55. The molecule has 1 atom stereocenters. The van der Waals surface area contributed by atoms with Crippen LogP contribution in [0.1, 0.15) is 0 Å². The first kappa shape index (κ1) is 7.24. The largest absolute Gasteiger partial charge is 0.356 e. The van der Waals surface area contributed by atoms with Gasteiger partial charge in [-0.2, -0.15) is 0 Å². The normalized spacial score (nSPS) is 23.8. The van der Waals surface area contributed by atoms with Crippen LogP contribution in [0.3, 0.4) is 0 Å². The molecule has 1 heterocycles. The van der Waals surface area contributed by atoms with Crippen molar-refractivity contribution in [1.29, 1.82) is 0 Å². The van der Waals surface area contributed by atoms with Crippen LogP contribution in [0, 0.1) is 0 Å². The van der Waals surface area contributed by atoms with Crippen LogP contribution in [0.2, 0.25) is 0 Å². The van der Waals surface area contributed by atoms with Gasteiger partial charge in [0.2, 0.25) is 0 Å². The lowest BCUT2D eigenvalue weighted by Crippen LogP contribution is -2.34. The Bertz CT molecular complexity index is 138. The summed E-state index contributed by atoms with van der Waals surface area (Å²) in [5, 5.41) is 1.51. The van der Waals surface area contributed by atoms with Gasteiger partial charge in [-0.25, -0.2) is 10.1 Å². The van der Waals surface area contributed by atoms with Gasteiger partial charge in [-0.3, -0.25) is 4.84 Å². The highest BCUT2D eigenvalue weighted by Crippen LogP contribution is 2.03. The van der Waals surface area contributed by atoms with Crippen LogP contribution in [-0.2, 0) is 9.57 Å². The van der Waals surface area contributed by atoms with Crippen molar-refractivity contribution in [3.05, 3.63) is 12.3 Å². The summed E-state index contributed by atoms with van der Waals surface area (Å²) in [5.74, 6) is 0. The summed E-state index contributed by atoms with van der Waals surface area (Å²) in [6, 6.07) is 0. The van der Waals surface area contributed by atoms with E-state index in [2.05, 4.69) is 4.99 Å². The van der Waals surface area contributed by atoms with Crippen LogP contribution >= 0.6 is 0 Å². The molecule has 56 valence electrons. The van der Waals surface area contributed by atoms with Gasteiger partial charge in [0.25, 0.3) is 0 Å². The van der Waals surface area contributed by atoms with E-state index in [0.29, 0.717) is 0 Å². The van der Waals surface area contributed by atoms with Crippen molar-refractivity contribution in [3.63, 3.8) is 0 Å². The second-order valence-electron chi connectivity index (χ2n) is 1.77. The molecule has 0 fully saturated rings. The highest BCUT2D eigenvalue weighted by Gasteiger charge is 2.12. The Labute approximate surface area is 59.7 Å². The molecule has 0 saturated heterocycles. The van der Waals surface area contributed by atoms with E-state index in [0.717, 1.165) is 0 Å². The van der Waals surface area contributed by atoms with Crippen LogP contribution in [0.4, 0.5) is 0 Å². The summed E-state index contributed by atoms with van der Waals surface area (Å²) < 4.78 is 5.02. The molecular weight excluding hydrogens is 132 g/mol. The smallest absolute Gasteiger partial charge is 0.175 e. The van der Waals surface area contributed by atoms with Gasteiger partial charge in [0.15, 0.2) is 6.23 Å². The molecule has 1 unspecified atom stereocenters. The minimum atomic E-state index is -0.150. The number of hydroxylamine groups is 2. The third-order valence-electron chi connectivity index (χ3n) is 1.22. The van der Waals surface area contributed by atoms with Crippen LogP contribution in [-0.4, -0.2) is 31.8 Å². The molecule has 4 heteroatoms. The Morgan fingerprint density at radius 1 is 1.50 bits per heavy atom. The quantitative estimate of drug-likeness (QED) is 0.559. The van der Waals surface area contributed by atoms with Gasteiger partial charge in [0.05, 0.1) is 7.11 Å². The monoisotopic (exact) mass is 142 g/mol. The number of ether oxygens (including phenoxy) is 1. The third-order valence-corrected chi connectivity index (χ3v) is 1.22. The first-order chi connectivity index (χ1) is 4.88. The van der Waals surface area contributed by atoms with Gasteiger partial charge in [-0.15, -0.1) is 0 Å². The van der Waals surface area contributed by atoms with Crippen LogP contribution in [0.5, 0.6) is 0 Å². The standard InChI is InChI=1S/C6H10N2O2/c1-9-6-3-4-7-5-8(6)10-2/h3-6H,1-2H3. The number of aliphatic imine (C=N–C) groups is 1. The summed E-state index contributed by atoms with van der Waals surface area (Å²) in [4.78, 5) is 8.75. The summed E-state index contributed by atoms with van der Waals surface area (Å²) in [5.41, 5.74) is 0. The number of rotatable bonds is 2. The molecule has 0 spiro atoms. The van der Waals surface area contributed by atoms with Crippen molar-refractivity contribution in [1.82, 2.24) is 5.06 Å². The highest BCUT2D eigenvalue weighted by molar-refractivity contribution is 5.56. The fourth-order valence-electron chi connectivity index (χ4n) is 0.712. The van der Waals surface area contributed by atoms with E-state index in [9.17, 15) is 0 Å². The van der Waals surface area contributed by atoms with E-state index in [-0.39, 0.29) is 6.23 Å². The number of hydrogen-bond acceptors (Lipinski definition) is 4. The van der Waals surface area contributed by atoms with Crippen molar-refractivity contribution in [3.8, 4) is 0 Å². The van der Waals surface area contributed by atoms with Gasteiger partial charge in [-0.1, -0.05) is 0 Å². The van der Waals surface area contributed by atoms with Crippen molar-refractivity contribution >= 4 is 6.34 Å². The van der Waals surface area contributed by atoms with Gasteiger partial charge in [0, 0.05) is 13.3 Å².